The molecular formula is C29H32FN5OS2. The summed E-state index contributed by atoms with van der Waals surface area (Å²) in [6.07, 6.45) is 5.14. The van der Waals surface area contributed by atoms with E-state index in [1.165, 1.54) is 48.2 Å². The van der Waals surface area contributed by atoms with E-state index in [1.807, 2.05) is 66.7 Å². The number of aromatic nitrogens is 3. The van der Waals surface area contributed by atoms with E-state index in [0.717, 1.165) is 51.0 Å². The predicted molar refractivity (Wildman–Crippen MR) is 155 cm³/mol. The third-order valence-electron chi connectivity index (χ3n) is 6.69. The zero-order valence-electron chi connectivity index (χ0n) is 21.7. The van der Waals surface area contributed by atoms with E-state index in [2.05, 4.69) is 10.6 Å². The first-order valence-electron chi connectivity index (χ1n) is 13.0. The van der Waals surface area contributed by atoms with Gasteiger partial charge in [-0.05, 0) is 85.6 Å². The molecule has 1 amide bonds. The first kappa shape index (κ1) is 26.6. The molecule has 2 aromatic heterocycles. The lowest BCUT2D eigenvalue weighted by atomic mass is 10.0. The highest BCUT2D eigenvalue weighted by Crippen LogP contribution is 2.33. The van der Waals surface area contributed by atoms with Gasteiger partial charge in [-0.15, -0.1) is 0 Å². The summed E-state index contributed by atoms with van der Waals surface area (Å²) >= 11 is 3.44. The lowest BCUT2D eigenvalue weighted by Gasteiger charge is -2.22. The normalized spacial score (nSPS) is 14.1. The van der Waals surface area contributed by atoms with Gasteiger partial charge in [0.05, 0.1) is 17.6 Å². The summed E-state index contributed by atoms with van der Waals surface area (Å²) in [5.41, 5.74) is 4.98. The monoisotopic (exact) mass is 549 g/mol. The third kappa shape index (κ3) is 6.15. The van der Waals surface area contributed by atoms with E-state index < -0.39 is 0 Å². The molecule has 3 heterocycles. The number of amides is 1. The molecule has 0 radical (unpaired) electrons. The van der Waals surface area contributed by atoms with E-state index in [9.17, 15) is 9.18 Å². The molecule has 1 aliphatic rings. The molecule has 1 fully saturated rings. The smallest absolute Gasteiger partial charge is 0.251 e. The number of carbonyl (C=O) groups excluding carboxylic acids is 1. The number of hydrogen-bond donors (Lipinski definition) is 2. The second-order valence-corrected chi connectivity index (χ2v) is 11.9. The van der Waals surface area contributed by atoms with Crippen LogP contribution in [0.15, 0.2) is 64.6 Å². The molecule has 1 saturated heterocycles. The molecule has 0 bridgehead atoms. The quantitative estimate of drug-likeness (QED) is 0.242. The molecule has 198 valence electrons. The number of rotatable bonds is 9. The molecule has 5 rings (SSSR count). The van der Waals surface area contributed by atoms with E-state index in [1.54, 1.807) is 6.07 Å². The van der Waals surface area contributed by atoms with Gasteiger partial charge in [0.2, 0.25) is 0 Å². The van der Waals surface area contributed by atoms with Crippen molar-refractivity contribution in [3.8, 4) is 11.3 Å². The van der Waals surface area contributed by atoms with Crippen molar-refractivity contribution in [1.29, 1.82) is 0 Å². The van der Waals surface area contributed by atoms with E-state index in [-0.39, 0.29) is 11.7 Å². The van der Waals surface area contributed by atoms with Crippen molar-refractivity contribution in [2.24, 2.45) is 5.92 Å². The highest BCUT2D eigenvalue weighted by Gasteiger charge is 2.18. The topological polar surface area (TPSA) is 71.3 Å². The van der Waals surface area contributed by atoms with Gasteiger partial charge in [0.25, 0.3) is 5.91 Å². The molecule has 6 nitrogen and oxygen atoms in total. The molecule has 0 spiro atoms. The van der Waals surface area contributed by atoms with Crippen LogP contribution in [0.1, 0.15) is 42.1 Å². The molecule has 1 aliphatic heterocycles. The molecule has 38 heavy (non-hydrogen) atoms. The summed E-state index contributed by atoms with van der Waals surface area (Å²) < 4.78 is 15.7. The second kappa shape index (κ2) is 12.2. The SMILES string of the molecule is CCCNC(=O)c1ccc(-c2cnc3c(NCC4CCSCC4)cc(Sc4cccc(F)c4)nn23)cc1C. The molecule has 2 aromatic carbocycles. The Kier molecular flexibility index (Phi) is 8.54. The highest BCUT2D eigenvalue weighted by molar-refractivity contribution is 7.99. The van der Waals surface area contributed by atoms with Crippen molar-refractivity contribution in [3.05, 3.63) is 71.7 Å². The predicted octanol–water partition coefficient (Wildman–Crippen LogP) is 6.69. The summed E-state index contributed by atoms with van der Waals surface area (Å²) in [7, 11) is 0. The number of aryl methyl sites for hydroxylation is 1. The Hall–Kier alpha value is -3.04. The van der Waals surface area contributed by atoms with Gasteiger partial charge in [-0.25, -0.2) is 13.9 Å². The number of thioether (sulfide) groups is 1. The summed E-state index contributed by atoms with van der Waals surface area (Å²) in [5.74, 6) is 2.71. The maximum absolute atomic E-state index is 13.9. The molecule has 2 N–H and O–H groups in total. The van der Waals surface area contributed by atoms with Crippen molar-refractivity contribution in [1.82, 2.24) is 19.9 Å². The van der Waals surface area contributed by atoms with Gasteiger partial charge in [-0.2, -0.15) is 16.9 Å². The van der Waals surface area contributed by atoms with Gasteiger partial charge in [0, 0.05) is 29.1 Å². The number of anilines is 1. The lowest BCUT2D eigenvalue weighted by molar-refractivity contribution is 0.0953. The number of halogens is 1. The van der Waals surface area contributed by atoms with E-state index in [4.69, 9.17) is 10.1 Å². The van der Waals surface area contributed by atoms with E-state index >= 15 is 0 Å². The number of fused-ring (bicyclic) bond motifs is 1. The van der Waals surface area contributed by atoms with Crippen LogP contribution in [0.2, 0.25) is 0 Å². The van der Waals surface area contributed by atoms with Gasteiger partial charge < -0.3 is 10.6 Å². The molecule has 0 aliphatic carbocycles. The molecule has 9 heteroatoms. The minimum atomic E-state index is -0.272. The fraction of sp³-hybridized carbons (Fsp3) is 0.345. The number of carbonyl (C=O) groups is 1. The van der Waals surface area contributed by atoms with Crippen molar-refractivity contribution < 1.29 is 9.18 Å². The van der Waals surface area contributed by atoms with Crippen LogP contribution < -0.4 is 10.6 Å². The Morgan fingerprint density at radius 3 is 2.79 bits per heavy atom. The van der Waals surface area contributed by atoms with Crippen LogP contribution in [-0.4, -0.2) is 45.1 Å². The molecular weight excluding hydrogens is 517 g/mol. The van der Waals surface area contributed by atoms with Gasteiger partial charge in [0.15, 0.2) is 5.65 Å². The molecule has 0 atom stereocenters. The van der Waals surface area contributed by atoms with Crippen LogP contribution in [0, 0.1) is 18.7 Å². The summed E-state index contributed by atoms with van der Waals surface area (Å²) in [6, 6.07) is 14.4. The molecule has 4 aromatic rings. The number of nitrogens with one attached hydrogen (secondary N) is 2. The maximum Gasteiger partial charge on any atom is 0.251 e. The Balaban J connectivity index is 1.50. The third-order valence-corrected chi connectivity index (χ3v) is 8.64. The van der Waals surface area contributed by atoms with Gasteiger partial charge >= 0.3 is 0 Å². The standard InChI is InChI=1S/C29H32FN5OS2/c1-3-11-31-29(36)24-8-7-21(14-19(24)2)26-18-33-28-25(32-17-20-9-12-37-13-10-20)16-27(34-35(26)28)38-23-6-4-5-22(30)15-23/h4-8,14-16,18,20,32H,3,9-13,17H2,1-2H3,(H,31,36). The second-order valence-electron chi connectivity index (χ2n) is 9.56. The number of hydrogen-bond acceptors (Lipinski definition) is 6. The Morgan fingerprint density at radius 1 is 1.18 bits per heavy atom. The minimum absolute atomic E-state index is 0.0615. The van der Waals surface area contributed by atoms with Gasteiger partial charge in [-0.3, -0.25) is 4.79 Å². The number of benzene rings is 2. The molecule has 0 saturated carbocycles. The average molecular weight is 550 g/mol. The van der Waals surface area contributed by atoms with Crippen molar-refractivity contribution in [3.63, 3.8) is 0 Å². The Morgan fingerprint density at radius 2 is 2.03 bits per heavy atom. The fourth-order valence-corrected chi connectivity index (χ4v) is 6.65. The van der Waals surface area contributed by atoms with Crippen molar-refractivity contribution in [2.45, 2.75) is 43.0 Å². The zero-order valence-corrected chi connectivity index (χ0v) is 23.3. The largest absolute Gasteiger partial charge is 0.382 e. The highest BCUT2D eigenvalue weighted by atomic mass is 32.2. The maximum atomic E-state index is 13.9. The summed E-state index contributed by atoms with van der Waals surface area (Å²) in [5, 5.41) is 12.2. The summed E-state index contributed by atoms with van der Waals surface area (Å²) in [4.78, 5) is 18.1. The zero-order chi connectivity index (χ0) is 26.5. The fourth-order valence-electron chi connectivity index (χ4n) is 4.59. The van der Waals surface area contributed by atoms with Crippen LogP contribution in [0.25, 0.3) is 16.9 Å². The number of imidazole rings is 1. The van der Waals surface area contributed by atoms with Crippen molar-refractivity contribution in [2.75, 3.05) is 29.9 Å². The van der Waals surface area contributed by atoms with Crippen LogP contribution in [0.4, 0.5) is 10.1 Å². The van der Waals surface area contributed by atoms with Crippen LogP contribution in [-0.2, 0) is 0 Å². The lowest BCUT2D eigenvalue weighted by Crippen LogP contribution is -2.24. The van der Waals surface area contributed by atoms with E-state index in [0.29, 0.717) is 18.0 Å². The van der Waals surface area contributed by atoms with Crippen LogP contribution >= 0.6 is 23.5 Å². The van der Waals surface area contributed by atoms with Crippen LogP contribution in [0.3, 0.4) is 0 Å². The average Bonchev–Trinajstić information content (AvgIpc) is 3.35. The van der Waals surface area contributed by atoms with Crippen LogP contribution in [0.5, 0.6) is 0 Å². The Labute approximate surface area is 231 Å². The first-order valence-corrected chi connectivity index (χ1v) is 15.0. The Bertz CT molecular complexity index is 1430. The van der Waals surface area contributed by atoms with Gasteiger partial charge in [-0.1, -0.05) is 30.8 Å². The first-order chi connectivity index (χ1) is 18.5. The van der Waals surface area contributed by atoms with Gasteiger partial charge in [0.1, 0.15) is 10.8 Å². The minimum Gasteiger partial charge on any atom is -0.382 e. The summed E-state index contributed by atoms with van der Waals surface area (Å²) in [6.45, 7) is 5.51. The van der Waals surface area contributed by atoms with Crippen molar-refractivity contribution >= 4 is 40.8 Å². The molecule has 0 unspecified atom stereocenters. The number of nitrogens with zero attached hydrogens (tertiary/aromatic N) is 3.